The number of alkyl halides is 6. The number of aliphatic imine (C=N–C) groups is 1. The van der Waals surface area contributed by atoms with Gasteiger partial charge in [0, 0.05) is 31.7 Å². The van der Waals surface area contributed by atoms with Gasteiger partial charge in [-0.05, 0) is 59.8 Å². The summed E-state index contributed by atoms with van der Waals surface area (Å²) in [5, 5.41) is 1.52. The Kier molecular flexibility index (Phi) is 9.52. The van der Waals surface area contributed by atoms with E-state index < -0.39 is 41.6 Å². The van der Waals surface area contributed by atoms with Crippen LogP contribution in [0.5, 0.6) is 11.5 Å². The van der Waals surface area contributed by atoms with E-state index in [1.54, 1.807) is 18.2 Å². The fraction of sp³-hybridized carbons (Fsp3) is 0.267. The molecule has 238 valence electrons. The lowest BCUT2D eigenvalue weighted by Gasteiger charge is -2.37. The molecule has 1 saturated heterocycles. The summed E-state index contributed by atoms with van der Waals surface area (Å²) in [5.41, 5.74) is -1.96. The van der Waals surface area contributed by atoms with Crippen molar-refractivity contribution >= 4 is 57.8 Å². The van der Waals surface area contributed by atoms with Crippen molar-refractivity contribution in [3.8, 4) is 11.5 Å². The van der Waals surface area contributed by atoms with E-state index in [9.17, 15) is 31.1 Å². The molecule has 0 saturated carbocycles. The van der Waals surface area contributed by atoms with Gasteiger partial charge in [-0.3, -0.25) is 4.79 Å². The maximum atomic E-state index is 13.5. The number of ether oxygens (including phenoxy) is 2. The number of piperazine rings is 1. The van der Waals surface area contributed by atoms with E-state index in [0.717, 1.165) is 11.8 Å². The Morgan fingerprint density at radius 1 is 0.911 bits per heavy atom. The average Bonchev–Trinajstić information content (AvgIpc) is 3.36. The fourth-order valence-electron chi connectivity index (χ4n) is 4.75. The van der Waals surface area contributed by atoms with Gasteiger partial charge < -0.3 is 19.3 Å². The first-order chi connectivity index (χ1) is 21.2. The Morgan fingerprint density at radius 2 is 1.62 bits per heavy atom. The number of amides is 1. The number of anilines is 1. The fourth-order valence-corrected chi connectivity index (χ4v) is 6.13. The summed E-state index contributed by atoms with van der Waals surface area (Å²) in [6.07, 6.45) is -8.35. The smallest absolute Gasteiger partial charge is 0.416 e. The second kappa shape index (κ2) is 13.1. The number of hydrogen-bond donors (Lipinski definition) is 0. The number of halogens is 8. The van der Waals surface area contributed by atoms with Crippen molar-refractivity contribution in [2.24, 2.45) is 4.99 Å². The van der Waals surface area contributed by atoms with Crippen LogP contribution < -0.4 is 14.4 Å². The molecule has 0 aliphatic carbocycles. The second-order valence-corrected chi connectivity index (χ2v) is 11.7. The molecular weight excluding hydrogens is 667 g/mol. The zero-order valence-corrected chi connectivity index (χ0v) is 25.6. The van der Waals surface area contributed by atoms with E-state index in [-0.39, 0.29) is 17.6 Å². The molecule has 0 N–H and O–H groups in total. The van der Waals surface area contributed by atoms with Gasteiger partial charge in [-0.2, -0.15) is 31.3 Å². The van der Waals surface area contributed by atoms with E-state index in [2.05, 4.69) is 9.89 Å². The molecule has 0 radical (unpaired) electrons. The molecule has 2 aliphatic rings. The molecule has 2 aliphatic heterocycles. The van der Waals surface area contributed by atoms with Gasteiger partial charge in [-0.1, -0.05) is 41.4 Å². The van der Waals surface area contributed by atoms with Crippen molar-refractivity contribution in [2.45, 2.75) is 19.0 Å². The van der Waals surface area contributed by atoms with Gasteiger partial charge in [-0.15, -0.1) is 0 Å². The van der Waals surface area contributed by atoms with Crippen molar-refractivity contribution in [3.63, 3.8) is 0 Å². The van der Waals surface area contributed by atoms with Gasteiger partial charge in [0.1, 0.15) is 6.61 Å². The summed E-state index contributed by atoms with van der Waals surface area (Å²) in [6.45, 7) is 1.82. The van der Waals surface area contributed by atoms with Crippen LogP contribution in [0.4, 0.5) is 32.0 Å². The molecule has 2 heterocycles. The van der Waals surface area contributed by atoms with Crippen molar-refractivity contribution in [1.82, 2.24) is 4.90 Å². The number of methoxy groups -OCH3 is 1. The molecule has 3 aromatic rings. The molecule has 1 fully saturated rings. The van der Waals surface area contributed by atoms with E-state index in [1.807, 2.05) is 17.0 Å². The van der Waals surface area contributed by atoms with Crippen molar-refractivity contribution in [2.75, 3.05) is 38.2 Å². The highest BCUT2D eigenvalue weighted by atomic mass is 35.5. The molecule has 0 spiro atoms. The third kappa shape index (κ3) is 7.47. The maximum Gasteiger partial charge on any atom is 0.416 e. The first-order valence-corrected chi connectivity index (χ1v) is 14.9. The van der Waals surface area contributed by atoms with Crippen LogP contribution >= 0.6 is 35.0 Å². The first kappa shape index (κ1) is 32.8. The summed E-state index contributed by atoms with van der Waals surface area (Å²) >= 11 is 13.7. The minimum atomic E-state index is -5.02. The van der Waals surface area contributed by atoms with E-state index in [4.69, 9.17) is 32.7 Å². The normalized spacial score (nSPS) is 16.8. The lowest BCUT2D eigenvalue weighted by molar-refractivity contribution is -0.143. The third-order valence-electron chi connectivity index (χ3n) is 7.04. The average molecular weight is 690 g/mol. The van der Waals surface area contributed by atoms with Crippen LogP contribution in [-0.2, 0) is 23.8 Å². The Labute approximate surface area is 268 Å². The number of nitrogens with zero attached hydrogens (tertiary/aromatic N) is 3. The molecular formula is C30H23Cl2F6N3O3S. The van der Waals surface area contributed by atoms with Crippen LogP contribution in [0.2, 0.25) is 10.0 Å². The SMILES string of the molecule is COc1cc(/C=C2/SC(N3CCN(c4cccc(Cl)c4Cl)CC3)=NC2=O)ccc1OCc1ccc(C(F)(F)F)cc1C(F)(F)F. The molecule has 45 heavy (non-hydrogen) atoms. The minimum absolute atomic E-state index is 0.0621. The Morgan fingerprint density at radius 3 is 2.29 bits per heavy atom. The van der Waals surface area contributed by atoms with E-state index in [0.29, 0.717) is 57.9 Å². The van der Waals surface area contributed by atoms with Crippen molar-refractivity contribution in [1.29, 1.82) is 0 Å². The molecule has 0 bridgehead atoms. The highest BCUT2D eigenvalue weighted by Crippen LogP contribution is 2.39. The molecule has 6 nitrogen and oxygen atoms in total. The van der Waals surface area contributed by atoms with Crippen LogP contribution in [0.15, 0.2) is 64.5 Å². The quantitative estimate of drug-likeness (QED) is 0.191. The van der Waals surface area contributed by atoms with Gasteiger partial charge >= 0.3 is 12.4 Å². The van der Waals surface area contributed by atoms with Crippen LogP contribution in [-0.4, -0.2) is 49.3 Å². The number of hydrogen-bond acceptors (Lipinski definition) is 6. The standard InChI is InChI=1S/C30H23Cl2F6N3O3S/c1-43-24-13-17(5-8-23(24)44-16-18-6-7-19(29(33,34)35)15-20(18)30(36,37)38)14-25-27(42)39-28(45-25)41-11-9-40(10-12-41)22-4-2-3-21(31)26(22)32/h2-8,13-15H,9-12,16H2,1H3/b25-14+. The summed E-state index contributed by atoms with van der Waals surface area (Å²) in [5.74, 6) is -0.207. The largest absolute Gasteiger partial charge is 0.493 e. The molecule has 3 aromatic carbocycles. The highest BCUT2D eigenvalue weighted by molar-refractivity contribution is 8.18. The van der Waals surface area contributed by atoms with Crippen LogP contribution in [0, 0.1) is 0 Å². The zero-order valence-electron chi connectivity index (χ0n) is 23.3. The van der Waals surface area contributed by atoms with Crippen molar-refractivity contribution < 1.29 is 40.6 Å². The van der Waals surface area contributed by atoms with Gasteiger partial charge in [-0.25, -0.2) is 0 Å². The number of benzene rings is 3. The predicted molar refractivity (Wildman–Crippen MR) is 162 cm³/mol. The molecule has 15 heteroatoms. The monoisotopic (exact) mass is 689 g/mol. The lowest BCUT2D eigenvalue weighted by atomic mass is 10.0. The number of thioether (sulfide) groups is 1. The summed E-state index contributed by atoms with van der Waals surface area (Å²) in [6, 6.07) is 11.4. The number of carbonyl (C=O) groups excluding carboxylic acids is 1. The summed E-state index contributed by atoms with van der Waals surface area (Å²) < 4.78 is 90.4. The lowest BCUT2D eigenvalue weighted by Crippen LogP contribution is -2.47. The summed E-state index contributed by atoms with van der Waals surface area (Å²) in [4.78, 5) is 21.4. The van der Waals surface area contributed by atoms with Crippen LogP contribution in [0.25, 0.3) is 6.08 Å². The van der Waals surface area contributed by atoms with E-state index >= 15 is 0 Å². The van der Waals surface area contributed by atoms with Gasteiger partial charge in [0.05, 0.1) is 38.9 Å². The predicted octanol–water partition coefficient (Wildman–Crippen LogP) is 8.41. The maximum absolute atomic E-state index is 13.5. The molecule has 0 unspecified atom stereocenters. The van der Waals surface area contributed by atoms with Gasteiger partial charge in [0.25, 0.3) is 5.91 Å². The van der Waals surface area contributed by atoms with E-state index in [1.165, 1.54) is 31.0 Å². The van der Waals surface area contributed by atoms with Crippen LogP contribution in [0.1, 0.15) is 22.3 Å². The van der Waals surface area contributed by atoms with Crippen molar-refractivity contribution in [3.05, 3.63) is 91.8 Å². The third-order valence-corrected chi connectivity index (χ3v) is 8.90. The van der Waals surface area contributed by atoms with Gasteiger partial charge in [0.15, 0.2) is 16.7 Å². The molecule has 0 aromatic heterocycles. The topological polar surface area (TPSA) is 54.4 Å². The molecule has 0 atom stereocenters. The highest BCUT2D eigenvalue weighted by Gasteiger charge is 2.38. The van der Waals surface area contributed by atoms with Crippen LogP contribution in [0.3, 0.4) is 0 Å². The second-order valence-electron chi connectivity index (χ2n) is 9.92. The minimum Gasteiger partial charge on any atom is -0.493 e. The number of carbonyl (C=O) groups is 1. The Bertz CT molecular complexity index is 1670. The Balaban J connectivity index is 1.25. The molecule has 1 amide bonds. The number of rotatable bonds is 6. The summed E-state index contributed by atoms with van der Waals surface area (Å²) in [7, 11) is 1.32. The Hall–Kier alpha value is -3.55. The number of amidine groups is 1. The zero-order chi connectivity index (χ0) is 32.5. The molecule has 5 rings (SSSR count). The first-order valence-electron chi connectivity index (χ1n) is 13.3. The van der Waals surface area contributed by atoms with Gasteiger partial charge in [0.2, 0.25) is 0 Å².